The normalized spacial score (nSPS) is 13.5. The van der Waals surface area contributed by atoms with Crippen LogP contribution in [0.25, 0.3) is 0 Å². The Kier molecular flexibility index (Phi) is 6.35. The average Bonchev–Trinajstić information content (AvgIpc) is 2.36. The van der Waals surface area contributed by atoms with Crippen molar-refractivity contribution in [3.63, 3.8) is 0 Å². The summed E-state index contributed by atoms with van der Waals surface area (Å²) in [4.78, 5) is 0. The Labute approximate surface area is 113 Å². The molecule has 1 nitrogen and oxygen atoms in total. The van der Waals surface area contributed by atoms with Crippen molar-refractivity contribution in [2.75, 3.05) is 0 Å². The molecule has 0 amide bonds. The maximum atomic E-state index is 12.4. The van der Waals surface area contributed by atoms with Gasteiger partial charge in [-0.3, -0.25) is 0 Å². The molecule has 1 aromatic rings. The van der Waals surface area contributed by atoms with Gasteiger partial charge in [0.25, 0.3) is 0 Å². The molecule has 1 atom stereocenters. The topological polar surface area (TPSA) is 12.0 Å². The van der Waals surface area contributed by atoms with Crippen LogP contribution in [0.1, 0.15) is 50.7 Å². The second-order valence-electron chi connectivity index (χ2n) is 4.97. The summed E-state index contributed by atoms with van der Waals surface area (Å²) in [5.74, 6) is 0. The lowest BCUT2D eigenvalue weighted by molar-refractivity contribution is -0.137. The summed E-state index contributed by atoms with van der Waals surface area (Å²) in [7, 11) is 0. The van der Waals surface area contributed by atoms with Crippen LogP contribution < -0.4 is 5.32 Å². The second kappa shape index (κ2) is 7.53. The monoisotopic (exact) mass is 273 g/mol. The molecule has 1 N–H and O–H groups in total. The van der Waals surface area contributed by atoms with Gasteiger partial charge in [0.2, 0.25) is 0 Å². The van der Waals surface area contributed by atoms with Crippen molar-refractivity contribution >= 4 is 0 Å². The molecule has 1 rings (SSSR count). The van der Waals surface area contributed by atoms with Gasteiger partial charge >= 0.3 is 6.18 Å². The number of hydrogen-bond donors (Lipinski definition) is 1. The summed E-state index contributed by atoms with van der Waals surface area (Å²) in [6.45, 7) is 4.89. The molecule has 0 saturated carbocycles. The molecule has 0 aliphatic rings. The van der Waals surface area contributed by atoms with Gasteiger partial charge in [-0.2, -0.15) is 13.2 Å². The average molecular weight is 273 g/mol. The SMILES string of the molecule is CCCCCC(C)NCc1ccc(C(F)(F)F)cc1. The number of unbranched alkanes of at least 4 members (excludes halogenated alkanes) is 2. The van der Waals surface area contributed by atoms with Crippen molar-refractivity contribution in [3.05, 3.63) is 35.4 Å². The lowest BCUT2D eigenvalue weighted by atomic mass is 10.1. The minimum absolute atomic E-state index is 0.397. The lowest BCUT2D eigenvalue weighted by Gasteiger charge is -2.14. The third-order valence-corrected chi connectivity index (χ3v) is 3.18. The zero-order valence-corrected chi connectivity index (χ0v) is 11.6. The predicted molar refractivity (Wildman–Crippen MR) is 71.9 cm³/mol. The molecule has 0 saturated heterocycles. The second-order valence-corrected chi connectivity index (χ2v) is 4.97. The molecule has 0 heterocycles. The van der Waals surface area contributed by atoms with Crippen molar-refractivity contribution in [2.45, 2.75) is 58.3 Å². The first-order chi connectivity index (χ1) is 8.93. The van der Waals surface area contributed by atoms with Crippen LogP contribution in [-0.4, -0.2) is 6.04 Å². The van der Waals surface area contributed by atoms with Crippen molar-refractivity contribution in [1.82, 2.24) is 5.32 Å². The fraction of sp³-hybridized carbons (Fsp3) is 0.600. The minimum Gasteiger partial charge on any atom is -0.310 e. The largest absolute Gasteiger partial charge is 0.416 e. The molecule has 0 spiro atoms. The van der Waals surface area contributed by atoms with Crippen molar-refractivity contribution in [1.29, 1.82) is 0 Å². The minimum atomic E-state index is -4.25. The number of hydrogen-bond acceptors (Lipinski definition) is 1. The smallest absolute Gasteiger partial charge is 0.310 e. The van der Waals surface area contributed by atoms with Gasteiger partial charge in [-0.1, -0.05) is 38.3 Å². The Balaban J connectivity index is 2.37. The lowest BCUT2D eigenvalue weighted by Crippen LogP contribution is -2.25. The molecule has 0 aromatic heterocycles. The van der Waals surface area contributed by atoms with Crippen molar-refractivity contribution in [3.8, 4) is 0 Å². The highest BCUT2D eigenvalue weighted by atomic mass is 19.4. The van der Waals surface area contributed by atoms with Crippen LogP contribution >= 0.6 is 0 Å². The highest BCUT2D eigenvalue weighted by molar-refractivity contribution is 5.24. The van der Waals surface area contributed by atoms with Crippen LogP contribution in [0.15, 0.2) is 24.3 Å². The molecule has 0 aliphatic heterocycles. The first kappa shape index (κ1) is 16.0. The van der Waals surface area contributed by atoms with Gasteiger partial charge in [-0.15, -0.1) is 0 Å². The maximum Gasteiger partial charge on any atom is 0.416 e. The van der Waals surface area contributed by atoms with Gasteiger partial charge in [0.05, 0.1) is 5.56 Å². The van der Waals surface area contributed by atoms with E-state index in [1.807, 2.05) is 0 Å². The van der Waals surface area contributed by atoms with Crippen molar-refractivity contribution < 1.29 is 13.2 Å². The van der Waals surface area contributed by atoms with Gasteiger partial charge in [-0.05, 0) is 31.0 Å². The molecule has 1 unspecified atom stereocenters. The summed E-state index contributed by atoms with van der Waals surface area (Å²) in [6, 6.07) is 5.74. The fourth-order valence-electron chi connectivity index (χ4n) is 1.91. The van der Waals surface area contributed by atoms with E-state index in [9.17, 15) is 13.2 Å². The zero-order valence-electron chi connectivity index (χ0n) is 11.6. The highest BCUT2D eigenvalue weighted by Gasteiger charge is 2.29. The predicted octanol–water partition coefficient (Wildman–Crippen LogP) is 4.76. The van der Waals surface area contributed by atoms with E-state index >= 15 is 0 Å². The molecule has 108 valence electrons. The van der Waals surface area contributed by atoms with E-state index in [-0.39, 0.29) is 0 Å². The molecular formula is C15H22F3N. The third-order valence-electron chi connectivity index (χ3n) is 3.18. The van der Waals surface area contributed by atoms with E-state index in [1.54, 1.807) is 0 Å². The van der Waals surface area contributed by atoms with Crippen molar-refractivity contribution in [2.24, 2.45) is 0 Å². The Morgan fingerprint density at radius 2 is 1.74 bits per heavy atom. The summed E-state index contributed by atoms with van der Waals surface area (Å²) >= 11 is 0. The Morgan fingerprint density at radius 1 is 1.11 bits per heavy atom. The fourth-order valence-corrected chi connectivity index (χ4v) is 1.91. The van der Waals surface area contributed by atoms with Gasteiger partial charge < -0.3 is 5.32 Å². The Morgan fingerprint density at radius 3 is 2.26 bits per heavy atom. The van der Waals surface area contributed by atoms with Crippen LogP contribution in [0.2, 0.25) is 0 Å². The molecule has 0 bridgehead atoms. The van der Waals surface area contributed by atoms with Crippen LogP contribution in [0.5, 0.6) is 0 Å². The van der Waals surface area contributed by atoms with Crippen LogP contribution in [-0.2, 0) is 12.7 Å². The summed E-state index contributed by atoms with van der Waals surface area (Å²) in [5, 5.41) is 3.33. The quantitative estimate of drug-likeness (QED) is 0.706. The van der Waals surface area contributed by atoms with E-state index in [2.05, 4.69) is 19.2 Å². The number of rotatable bonds is 7. The zero-order chi connectivity index (χ0) is 14.3. The molecule has 0 radical (unpaired) electrons. The summed E-state index contributed by atoms with van der Waals surface area (Å²) in [6.07, 6.45) is 0.476. The Hall–Kier alpha value is -1.03. The standard InChI is InChI=1S/C15H22F3N/c1-3-4-5-6-12(2)19-11-13-7-9-14(10-8-13)15(16,17)18/h7-10,12,19H,3-6,11H2,1-2H3. The van der Waals surface area contributed by atoms with E-state index in [0.29, 0.717) is 12.6 Å². The Bertz CT molecular complexity index is 357. The maximum absolute atomic E-state index is 12.4. The van der Waals surface area contributed by atoms with E-state index < -0.39 is 11.7 Å². The first-order valence-corrected chi connectivity index (χ1v) is 6.83. The van der Waals surface area contributed by atoms with E-state index in [4.69, 9.17) is 0 Å². The molecule has 0 fully saturated rings. The number of nitrogens with one attached hydrogen (secondary N) is 1. The number of benzene rings is 1. The van der Waals surface area contributed by atoms with Gasteiger partial charge in [-0.25, -0.2) is 0 Å². The molecule has 1 aromatic carbocycles. The molecular weight excluding hydrogens is 251 g/mol. The van der Waals surface area contributed by atoms with E-state index in [1.165, 1.54) is 31.4 Å². The summed E-state index contributed by atoms with van der Waals surface area (Å²) < 4.78 is 37.2. The molecule has 4 heteroatoms. The van der Waals surface area contributed by atoms with Gasteiger partial charge in [0, 0.05) is 12.6 Å². The number of halogens is 3. The van der Waals surface area contributed by atoms with Crippen LogP contribution in [0, 0.1) is 0 Å². The third kappa shape index (κ3) is 6.10. The van der Waals surface area contributed by atoms with Gasteiger partial charge in [0.15, 0.2) is 0 Å². The highest BCUT2D eigenvalue weighted by Crippen LogP contribution is 2.29. The number of alkyl halides is 3. The summed E-state index contributed by atoms with van der Waals surface area (Å²) in [5.41, 5.74) is 0.294. The first-order valence-electron chi connectivity index (χ1n) is 6.83. The molecule has 19 heavy (non-hydrogen) atoms. The molecule has 0 aliphatic carbocycles. The van der Waals surface area contributed by atoms with Crippen LogP contribution in [0.3, 0.4) is 0 Å². The van der Waals surface area contributed by atoms with Gasteiger partial charge in [0.1, 0.15) is 0 Å². The van der Waals surface area contributed by atoms with Crippen LogP contribution in [0.4, 0.5) is 13.2 Å². The van der Waals surface area contributed by atoms with E-state index in [0.717, 1.165) is 24.1 Å².